The summed E-state index contributed by atoms with van der Waals surface area (Å²) in [4.78, 5) is 0. The molecule has 0 fully saturated rings. The molecule has 0 rings (SSSR count). The van der Waals surface area contributed by atoms with E-state index in [4.69, 9.17) is 4.43 Å². The molecule has 11 heavy (non-hydrogen) atoms. The van der Waals surface area contributed by atoms with Gasteiger partial charge in [-0.15, -0.1) is 0 Å². The third kappa shape index (κ3) is 5.01. The lowest BCUT2D eigenvalue weighted by molar-refractivity contribution is 0.267. The molecule has 0 amide bonds. The molecule has 0 aromatic rings. The molecular formula is C8H17FOSi. The predicted molar refractivity (Wildman–Crippen MR) is 48.3 cm³/mol. The highest BCUT2D eigenvalue weighted by Crippen LogP contribution is 2.27. The zero-order valence-corrected chi connectivity index (χ0v) is 8.99. The lowest BCUT2D eigenvalue weighted by Gasteiger charge is -2.26. The predicted octanol–water partition coefficient (Wildman–Crippen LogP) is 3.23. The summed E-state index contributed by atoms with van der Waals surface area (Å²) in [7, 11) is -2.93. The molecule has 0 aliphatic heterocycles. The van der Waals surface area contributed by atoms with E-state index in [2.05, 4.69) is 6.58 Å². The molecule has 0 aliphatic carbocycles. The summed E-state index contributed by atoms with van der Waals surface area (Å²) < 4.78 is 18.1. The molecule has 0 aliphatic rings. The van der Waals surface area contributed by atoms with E-state index in [0.29, 0.717) is 5.76 Å². The molecule has 3 heteroatoms. The van der Waals surface area contributed by atoms with Crippen molar-refractivity contribution < 1.29 is 8.53 Å². The highest BCUT2D eigenvalue weighted by Gasteiger charge is 2.28. The fourth-order valence-corrected chi connectivity index (χ4v) is 1.34. The van der Waals surface area contributed by atoms with Gasteiger partial charge in [-0.25, -0.2) is 0 Å². The minimum Gasteiger partial charge on any atom is -0.522 e. The zero-order chi connectivity index (χ0) is 9.28. The fourth-order valence-electron chi connectivity index (χ4n) is 0.446. The van der Waals surface area contributed by atoms with Gasteiger partial charge in [0.25, 0.3) is 0 Å². The molecule has 0 aromatic heterocycles. The second-order valence-electron chi connectivity index (χ2n) is 4.14. The summed E-state index contributed by atoms with van der Waals surface area (Å²) >= 11 is 0. The van der Waals surface area contributed by atoms with Crippen LogP contribution in [0.15, 0.2) is 12.3 Å². The number of hydrogen-bond acceptors (Lipinski definition) is 1. The summed E-state index contributed by atoms with van der Waals surface area (Å²) in [5.74, 6) is 0.539. The summed E-state index contributed by atoms with van der Waals surface area (Å²) in [5, 5.41) is 0. The van der Waals surface area contributed by atoms with Crippen LogP contribution in [0.5, 0.6) is 0 Å². The van der Waals surface area contributed by atoms with Crippen LogP contribution >= 0.6 is 0 Å². The van der Waals surface area contributed by atoms with E-state index in [-0.39, 0.29) is 5.41 Å². The van der Waals surface area contributed by atoms with Crippen molar-refractivity contribution in [2.75, 3.05) is 0 Å². The lowest BCUT2D eigenvalue weighted by atomic mass is 9.95. The molecule has 0 atom stereocenters. The van der Waals surface area contributed by atoms with Crippen LogP contribution in [0.2, 0.25) is 13.1 Å². The van der Waals surface area contributed by atoms with Crippen molar-refractivity contribution in [3.63, 3.8) is 0 Å². The van der Waals surface area contributed by atoms with Gasteiger partial charge in [0, 0.05) is 5.41 Å². The maximum Gasteiger partial charge on any atom is 0.434 e. The van der Waals surface area contributed by atoms with Crippen LogP contribution in [-0.4, -0.2) is 8.65 Å². The summed E-state index contributed by atoms with van der Waals surface area (Å²) in [6, 6.07) is 0. The standard InChI is InChI=1S/C8H17FOSi/c1-7(8(2,3)4)10-11(5,6)9/h1H2,2-6H3. The topological polar surface area (TPSA) is 9.23 Å². The van der Waals surface area contributed by atoms with Crippen molar-refractivity contribution in [1.29, 1.82) is 0 Å². The molecule has 0 N–H and O–H groups in total. The van der Waals surface area contributed by atoms with Crippen LogP contribution < -0.4 is 0 Å². The van der Waals surface area contributed by atoms with E-state index in [0.717, 1.165) is 0 Å². The first-order chi connectivity index (χ1) is 4.63. The van der Waals surface area contributed by atoms with Crippen LogP contribution in [0, 0.1) is 5.41 Å². The Balaban J connectivity index is 4.11. The number of halogens is 1. The molecule has 0 saturated heterocycles. The maximum atomic E-state index is 13.0. The average Bonchev–Trinajstić information content (AvgIpc) is 1.56. The number of allylic oxidation sites excluding steroid dienone is 1. The van der Waals surface area contributed by atoms with E-state index in [1.165, 1.54) is 13.1 Å². The van der Waals surface area contributed by atoms with Crippen LogP contribution in [0.25, 0.3) is 0 Å². The third-order valence-corrected chi connectivity index (χ3v) is 1.93. The SMILES string of the molecule is C=C(O[Si](C)(C)F)C(C)(C)C. The van der Waals surface area contributed by atoms with E-state index in [1.807, 2.05) is 20.8 Å². The van der Waals surface area contributed by atoms with Gasteiger partial charge in [-0.2, -0.15) is 0 Å². The van der Waals surface area contributed by atoms with Gasteiger partial charge in [0.2, 0.25) is 0 Å². The quantitative estimate of drug-likeness (QED) is 0.356. The van der Waals surface area contributed by atoms with Crippen molar-refractivity contribution in [2.45, 2.75) is 33.9 Å². The van der Waals surface area contributed by atoms with Gasteiger partial charge in [-0.1, -0.05) is 27.4 Å². The minimum atomic E-state index is -2.93. The van der Waals surface area contributed by atoms with Gasteiger partial charge >= 0.3 is 8.65 Å². The Morgan fingerprint density at radius 1 is 1.36 bits per heavy atom. The maximum absolute atomic E-state index is 13.0. The van der Waals surface area contributed by atoms with Gasteiger partial charge in [0.05, 0.1) is 5.76 Å². The smallest absolute Gasteiger partial charge is 0.434 e. The summed E-state index contributed by atoms with van der Waals surface area (Å²) in [5.41, 5.74) is -0.156. The summed E-state index contributed by atoms with van der Waals surface area (Å²) in [6.07, 6.45) is 0. The molecule has 0 heterocycles. The molecule has 0 aromatic carbocycles. The van der Waals surface area contributed by atoms with Gasteiger partial charge in [-0.3, -0.25) is 4.11 Å². The van der Waals surface area contributed by atoms with Crippen LogP contribution in [-0.2, 0) is 4.43 Å². The molecule has 0 spiro atoms. The van der Waals surface area contributed by atoms with Crippen LogP contribution in [0.4, 0.5) is 4.11 Å². The molecular weight excluding hydrogens is 159 g/mol. The van der Waals surface area contributed by atoms with E-state index in [9.17, 15) is 4.11 Å². The van der Waals surface area contributed by atoms with E-state index >= 15 is 0 Å². The highest BCUT2D eigenvalue weighted by atomic mass is 28.4. The molecule has 0 unspecified atom stereocenters. The van der Waals surface area contributed by atoms with Crippen molar-refractivity contribution in [1.82, 2.24) is 0 Å². The van der Waals surface area contributed by atoms with Gasteiger partial charge < -0.3 is 4.43 Å². The largest absolute Gasteiger partial charge is 0.522 e. The Bertz CT molecular complexity index is 152. The summed E-state index contributed by atoms with van der Waals surface area (Å²) in [6.45, 7) is 12.6. The Morgan fingerprint density at radius 2 is 1.73 bits per heavy atom. The second kappa shape index (κ2) is 2.97. The molecule has 1 nitrogen and oxygen atoms in total. The van der Waals surface area contributed by atoms with E-state index < -0.39 is 8.65 Å². The lowest BCUT2D eigenvalue weighted by Crippen LogP contribution is -2.27. The Morgan fingerprint density at radius 3 is 1.82 bits per heavy atom. The molecule has 0 radical (unpaired) electrons. The Hall–Kier alpha value is -0.313. The first kappa shape index (κ1) is 10.7. The highest BCUT2D eigenvalue weighted by molar-refractivity contribution is 6.64. The first-order valence-electron chi connectivity index (χ1n) is 3.70. The van der Waals surface area contributed by atoms with E-state index in [1.54, 1.807) is 0 Å². The number of hydrogen-bond donors (Lipinski definition) is 0. The fraction of sp³-hybridized carbons (Fsp3) is 0.750. The van der Waals surface area contributed by atoms with Crippen molar-refractivity contribution in [3.8, 4) is 0 Å². The molecule has 66 valence electrons. The Labute approximate surface area is 69.6 Å². The van der Waals surface area contributed by atoms with Crippen molar-refractivity contribution in [3.05, 3.63) is 12.3 Å². The van der Waals surface area contributed by atoms with Gasteiger partial charge in [0.15, 0.2) is 0 Å². The Kier molecular flexibility index (Phi) is 2.89. The minimum absolute atomic E-state index is 0.156. The zero-order valence-electron chi connectivity index (χ0n) is 7.99. The van der Waals surface area contributed by atoms with Gasteiger partial charge in [0.1, 0.15) is 0 Å². The van der Waals surface area contributed by atoms with Crippen molar-refractivity contribution >= 4 is 8.65 Å². The monoisotopic (exact) mass is 176 g/mol. The average molecular weight is 176 g/mol. The van der Waals surface area contributed by atoms with Crippen molar-refractivity contribution in [2.24, 2.45) is 5.41 Å². The molecule has 0 bridgehead atoms. The van der Waals surface area contributed by atoms with Crippen LogP contribution in [0.1, 0.15) is 20.8 Å². The molecule has 0 saturated carbocycles. The first-order valence-corrected chi connectivity index (χ1v) is 6.49. The third-order valence-electron chi connectivity index (χ3n) is 1.20. The normalized spacial score (nSPS) is 12.9. The van der Waals surface area contributed by atoms with Crippen LogP contribution in [0.3, 0.4) is 0 Å². The van der Waals surface area contributed by atoms with Gasteiger partial charge in [-0.05, 0) is 13.1 Å². The second-order valence-corrected chi connectivity index (χ2v) is 7.07. The number of rotatable bonds is 2.